The maximum absolute atomic E-state index is 12.0. The fourth-order valence-electron chi connectivity index (χ4n) is 2.42. The Morgan fingerprint density at radius 3 is 2.75 bits per heavy atom. The molecule has 0 bridgehead atoms. The van der Waals surface area contributed by atoms with Crippen LogP contribution in [-0.4, -0.2) is 35.2 Å². The lowest BCUT2D eigenvalue weighted by molar-refractivity contribution is -0.121. The number of hydrogen-bond acceptors (Lipinski definition) is 4. The minimum absolute atomic E-state index is 0.0117. The highest BCUT2D eigenvalue weighted by Crippen LogP contribution is 2.42. The molecule has 4 N–H and O–H groups in total. The summed E-state index contributed by atoms with van der Waals surface area (Å²) in [7, 11) is 1.57. The highest BCUT2D eigenvalue weighted by molar-refractivity contribution is 5.91. The predicted octanol–water partition coefficient (Wildman–Crippen LogP) is 0.0867. The average molecular weight is 279 g/mol. The van der Waals surface area contributed by atoms with E-state index in [1.54, 1.807) is 13.2 Å². The molecule has 2 amide bonds. The van der Waals surface area contributed by atoms with Gasteiger partial charge in [-0.1, -0.05) is 6.42 Å². The molecule has 1 aliphatic carbocycles. The first kappa shape index (κ1) is 14.5. The van der Waals surface area contributed by atoms with E-state index in [2.05, 4.69) is 15.7 Å². The summed E-state index contributed by atoms with van der Waals surface area (Å²) in [6.07, 6.45) is 6.82. The van der Waals surface area contributed by atoms with Gasteiger partial charge in [-0.15, -0.1) is 0 Å². The number of carbonyl (C=O) groups excluding carboxylic acids is 2. The quantitative estimate of drug-likeness (QED) is 0.686. The number of aromatic nitrogens is 2. The van der Waals surface area contributed by atoms with Gasteiger partial charge in [-0.05, 0) is 24.8 Å². The average Bonchev–Trinajstić information content (AvgIpc) is 2.80. The fourth-order valence-corrected chi connectivity index (χ4v) is 2.42. The van der Waals surface area contributed by atoms with E-state index in [0.29, 0.717) is 18.7 Å². The van der Waals surface area contributed by atoms with E-state index in [4.69, 9.17) is 5.73 Å². The lowest BCUT2D eigenvalue weighted by atomic mass is 9.66. The largest absolute Gasteiger partial charge is 0.358 e. The summed E-state index contributed by atoms with van der Waals surface area (Å²) in [4.78, 5) is 23.2. The molecular weight excluding hydrogens is 258 g/mol. The third kappa shape index (κ3) is 3.36. The van der Waals surface area contributed by atoms with Gasteiger partial charge in [0.2, 0.25) is 11.8 Å². The molecule has 1 fully saturated rings. The molecule has 1 saturated carbocycles. The van der Waals surface area contributed by atoms with E-state index in [1.165, 1.54) is 10.9 Å². The minimum atomic E-state index is -0.137. The smallest absolute Gasteiger partial charge is 0.241 e. The number of hydrogen-bond donors (Lipinski definition) is 3. The molecule has 7 nitrogen and oxygen atoms in total. The summed E-state index contributed by atoms with van der Waals surface area (Å²) in [5.74, 6) is -0.183. The molecule has 0 saturated heterocycles. The molecule has 7 heteroatoms. The molecule has 0 aromatic carbocycles. The first-order chi connectivity index (χ1) is 9.57. The topological polar surface area (TPSA) is 102 Å². The van der Waals surface area contributed by atoms with Crippen LogP contribution in [0.2, 0.25) is 0 Å². The van der Waals surface area contributed by atoms with Crippen LogP contribution >= 0.6 is 0 Å². The lowest BCUT2D eigenvalue weighted by Gasteiger charge is -2.40. The van der Waals surface area contributed by atoms with Gasteiger partial charge in [-0.25, -0.2) is 0 Å². The molecule has 0 aliphatic heterocycles. The van der Waals surface area contributed by atoms with Crippen molar-refractivity contribution >= 4 is 17.5 Å². The molecule has 20 heavy (non-hydrogen) atoms. The second kappa shape index (κ2) is 6.04. The Hall–Kier alpha value is -1.89. The Labute approximate surface area is 117 Å². The first-order valence-electron chi connectivity index (χ1n) is 6.80. The summed E-state index contributed by atoms with van der Waals surface area (Å²) in [6, 6.07) is 0. The van der Waals surface area contributed by atoms with E-state index < -0.39 is 0 Å². The number of rotatable bonds is 6. The summed E-state index contributed by atoms with van der Waals surface area (Å²) >= 11 is 0. The summed E-state index contributed by atoms with van der Waals surface area (Å²) < 4.78 is 1.48. The molecule has 1 aliphatic rings. The Bertz CT molecular complexity index is 487. The third-order valence-electron chi connectivity index (χ3n) is 3.88. The zero-order chi connectivity index (χ0) is 14.6. The van der Waals surface area contributed by atoms with Crippen molar-refractivity contribution in [3.63, 3.8) is 0 Å². The maximum Gasteiger partial charge on any atom is 0.241 e. The maximum atomic E-state index is 12.0. The molecule has 1 aromatic heterocycles. The normalized spacial score (nSPS) is 16.3. The molecule has 1 heterocycles. The highest BCUT2D eigenvalue weighted by Gasteiger charge is 2.37. The van der Waals surface area contributed by atoms with Crippen LogP contribution in [0.4, 0.5) is 5.69 Å². The van der Waals surface area contributed by atoms with Gasteiger partial charge in [-0.2, -0.15) is 5.10 Å². The van der Waals surface area contributed by atoms with Crippen LogP contribution in [0.5, 0.6) is 0 Å². The van der Waals surface area contributed by atoms with Gasteiger partial charge in [0.15, 0.2) is 0 Å². The fraction of sp³-hybridized carbons (Fsp3) is 0.615. The van der Waals surface area contributed by atoms with Crippen molar-refractivity contribution in [2.45, 2.75) is 32.2 Å². The van der Waals surface area contributed by atoms with Crippen LogP contribution < -0.4 is 16.4 Å². The van der Waals surface area contributed by atoms with Crippen LogP contribution in [0.3, 0.4) is 0 Å². The second-order valence-electron chi connectivity index (χ2n) is 5.38. The number of carbonyl (C=O) groups is 2. The van der Waals surface area contributed by atoms with Gasteiger partial charge in [-0.3, -0.25) is 14.3 Å². The predicted molar refractivity (Wildman–Crippen MR) is 74.9 cm³/mol. The van der Waals surface area contributed by atoms with E-state index in [1.807, 2.05) is 0 Å². The van der Waals surface area contributed by atoms with Crippen LogP contribution in [0, 0.1) is 5.41 Å². The summed E-state index contributed by atoms with van der Waals surface area (Å²) in [6.45, 7) is 0.690. The van der Waals surface area contributed by atoms with Crippen molar-refractivity contribution in [3.8, 4) is 0 Å². The van der Waals surface area contributed by atoms with Crippen LogP contribution in [0.1, 0.15) is 25.7 Å². The van der Waals surface area contributed by atoms with E-state index in [-0.39, 0.29) is 23.8 Å². The van der Waals surface area contributed by atoms with Gasteiger partial charge in [0.1, 0.15) is 6.54 Å². The number of anilines is 1. The van der Waals surface area contributed by atoms with Crippen molar-refractivity contribution in [3.05, 3.63) is 12.4 Å². The Morgan fingerprint density at radius 1 is 1.45 bits per heavy atom. The number of nitrogens with two attached hydrogens (primary N) is 1. The number of nitrogens with zero attached hydrogens (tertiary/aromatic N) is 2. The first-order valence-corrected chi connectivity index (χ1v) is 6.80. The van der Waals surface area contributed by atoms with Crippen molar-refractivity contribution in [1.82, 2.24) is 15.1 Å². The summed E-state index contributed by atoms with van der Waals surface area (Å²) in [5, 5.41) is 9.34. The van der Waals surface area contributed by atoms with E-state index in [9.17, 15) is 9.59 Å². The van der Waals surface area contributed by atoms with Gasteiger partial charge in [0, 0.05) is 19.7 Å². The lowest BCUT2D eigenvalue weighted by Crippen LogP contribution is -2.40. The van der Waals surface area contributed by atoms with Gasteiger partial charge in [0.25, 0.3) is 0 Å². The van der Waals surface area contributed by atoms with E-state index >= 15 is 0 Å². The van der Waals surface area contributed by atoms with Crippen molar-refractivity contribution < 1.29 is 9.59 Å². The number of amides is 2. The molecule has 0 atom stereocenters. The second-order valence-corrected chi connectivity index (χ2v) is 5.38. The standard InChI is InChI=1S/C13H21N5O2/c1-15-12(20)8-18-7-10(6-16-18)17-11(19)5-13(9-14)3-2-4-13/h6-7H,2-5,8-9,14H2,1H3,(H,15,20)(H,17,19). The Balaban J connectivity index is 1.86. The number of likely N-dealkylation sites (N-methyl/N-ethyl adjacent to an activating group) is 1. The molecule has 0 radical (unpaired) electrons. The molecule has 110 valence electrons. The zero-order valence-corrected chi connectivity index (χ0v) is 11.7. The number of nitrogens with one attached hydrogen (secondary N) is 2. The van der Waals surface area contributed by atoms with Crippen molar-refractivity contribution in [2.75, 3.05) is 18.9 Å². The molecule has 1 aromatic rings. The zero-order valence-electron chi connectivity index (χ0n) is 11.7. The highest BCUT2D eigenvalue weighted by atomic mass is 16.2. The van der Waals surface area contributed by atoms with Crippen molar-refractivity contribution in [2.24, 2.45) is 11.1 Å². The van der Waals surface area contributed by atoms with Crippen LogP contribution in [0.25, 0.3) is 0 Å². The molecule has 0 unspecified atom stereocenters. The van der Waals surface area contributed by atoms with Gasteiger partial charge >= 0.3 is 0 Å². The molecular formula is C13H21N5O2. The van der Waals surface area contributed by atoms with Crippen LogP contribution in [-0.2, 0) is 16.1 Å². The van der Waals surface area contributed by atoms with Gasteiger partial charge < -0.3 is 16.4 Å². The summed E-state index contributed by atoms with van der Waals surface area (Å²) in [5.41, 5.74) is 6.33. The SMILES string of the molecule is CNC(=O)Cn1cc(NC(=O)CC2(CN)CCC2)cn1. The van der Waals surface area contributed by atoms with Crippen LogP contribution in [0.15, 0.2) is 12.4 Å². The van der Waals surface area contributed by atoms with Gasteiger partial charge in [0.05, 0.1) is 11.9 Å². The Kier molecular flexibility index (Phi) is 4.39. The monoisotopic (exact) mass is 279 g/mol. The minimum Gasteiger partial charge on any atom is -0.358 e. The third-order valence-corrected chi connectivity index (χ3v) is 3.88. The van der Waals surface area contributed by atoms with E-state index in [0.717, 1.165) is 19.3 Å². The molecule has 0 spiro atoms. The molecule has 2 rings (SSSR count). The Morgan fingerprint density at radius 2 is 2.20 bits per heavy atom. The van der Waals surface area contributed by atoms with Crippen molar-refractivity contribution in [1.29, 1.82) is 0 Å².